The Morgan fingerprint density at radius 1 is 1.07 bits per heavy atom. The fourth-order valence-electron chi connectivity index (χ4n) is 8.63. The van der Waals surface area contributed by atoms with Gasteiger partial charge in [-0.2, -0.15) is 0 Å². The van der Waals surface area contributed by atoms with E-state index in [4.69, 9.17) is 0 Å². The molecule has 1 aromatic rings. The van der Waals surface area contributed by atoms with Gasteiger partial charge < -0.3 is 25.4 Å². The van der Waals surface area contributed by atoms with Crippen molar-refractivity contribution < 1.29 is 25.2 Å². The number of hydrogen-bond donors (Lipinski definition) is 5. The molecule has 3 aliphatic carbocycles. The van der Waals surface area contributed by atoms with Crippen LogP contribution in [0.3, 0.4) is 0 Å². The van der Waals surface area contributed by atoms with Crippen molar-refractivity contribution in [1.29, 1.82) is 0 Å². The summed E-state index contributed by atoms with van der Waals surface area (Å²) in [6.45, 7) is 2.22. The van der Waals surface area contributed by atoms with Crippen molar-refractivity contribution in [2.75, 3.05) is 0 Å². The molecule has 0 saturated heterocycles. The van der Waals surface area contributed by atoms with Crippen molar-refractivity contribution in [1.82, 2.24) is 4.98 Å². The maximum absolute atomic E-state index is 12.1. The van der Waals surface area contributed by atoms with Crippen LogP contribution in [0, 0.1) is 29.1 Å². The minimum atomic E-state index is -0.937. The molecule has 41 heavy (non-hydrogen) atoms. The number of carboxylic acids is 1. The Morgan fingerprint density at radius 2 is 1.85 bits per heavy atom. The number of aliphatic hydroxyl groups excluding tert-OH is 2. The Balaban J connectivity index is 1.19. The number of aromatic amines is 1. The average molecular weight is 572 g/mol. The van der Waals surface area contributed by atoms with Crippen molar-refractivity contribution in [2.24, 2.45) is 29.1 Å². The molecule has 0 aromatic carbocycles. The van der Waals surface area contributed by atoms with Gasteiger partial charge >= 0.3 is 5.97 Å². The average Bonchev–Trinajstić information content (AvgIpc) is 3.68. The van der Waals surface area contributed by atoms with Crippen molar-refractivity contribution in [3.8, 4) is 0 Å². The van der Waals surface area contributed by atoms with Crippen LogP contribution in [-0.2, 0) is 11.2 Å². The second-order valence-electron chi connectivity index (χ2n) is 14.1. The first kappa shape index (κ1) is 32.3. The van der Waals surface area contributed by atoms with Gasteiger partial charge in [-0.3, -0.25) is 4.79 Å². The zero-order valence-corrected chi connectivity index (χ0v) is 25.5. The summed E-state index contributed by atoms with van der Waals surface area (Å²) in [5.74, 6) is -0.590. The van der Waals surface area contributed by atoms with E-state index in [0.29, 0.717) is 31.1 Å². The number of allylic oxidation sites excluding steroid dienone is 1. The Labute approximate surface area is 248 Å². The molecule has 6 heteroatoms. The lowest BCUT2D eigenvalue weighted by Crippen LogP contribution is -2.33. The van der Waals surface area contributed by atoms with Gasteiger partial charge in [-0.25, -0.2) is 0 Å². The lowest BCUT2D eigenvalue weighted by atomic mass is 9.74. The molecule has 3 aliphatic rings. The maximum atomic E-state index is 12.1. The fraction of sp³-hybridized carbons (Fsp3) is 0.800. The molecule has 7 atom stereocenters. The van der Waals surface area contributed by atoms with Crippen molar-refractivity contribution in [3.63, 3.8) is 0 Å². The predicted molar refractivity (Wildman–Crippen MR) is 163 cm³/mol. The van der Waals surface area contributed by atoms with Gasteiger partial charge in [-0.15, -0.1) is 0 Å². The number of carboxylic acid groups (broad SMARTS) is 1. The molecule has 2 fully saturated rings. The van der Waals surface area contributed by atoms with E-state index in [1.807, 2.05) is 6.20 Å². The highest BCUT2D eigenvalue weighted by Crippen LogP contribution is 2.59. The van der Waals surface area contributed by atoms with Crippen LogP contribution in [0.25, 0.3) is 0 Å². The van der Waals surface area contributed by atoms with Crippen molar-refractivity contribution >= 4 is 5.97 Å². The molecule has 0 bridgehead atoms. The molecule has 1 aromatic heterocycles. The lowest BCUT2D eigenvalue weighted by molar-refractivity contribution is -0.146. The third-order valence-corrected chi connectivity index (χ3v) is 11.0. The molecule has 5 N–H and O–H groups in total. The van der Waals surface area contributed by atoms with Crippen LogP contribution in [0.15, 0.2) is 30.6 Å². The van der Waals surface area contributed by atoms with Gasteiger partial charge in [0.25, 0.3) is 0 Å². The summed E-state index contributed by atoms with van der Waals surface area (Å²) in [4.78, 5) is 15.2. The molecular weight excluding hydrogens is 514 g/mol. The lowest BCUT2D eigenvalue weighted by Gasteiger charge is -2.31. The maximum Gasteiger partial charge on any atom is 0.309 e. The summed E-state index contributed by atoms with van der Waals surface area (Å²) in [6.07, 6.45) is 25.1. The standard InChI is InChI=1S/C35H57NO5/c1-2-3-5-10-26-13-14-28(32(38)22-26)11-6-4-7-12-30(33(39)40)31(37)15-19-35(41)23-29(21-27-16-20-36-24-27)34(25-35)17-8-9-18-34/h13-14,16,20,24,26,28-32,36-38,41H,2-12,15,17-19,21-23,25H2,1H3,(H,39,40). The third-order valence-electron chi connectivity index (χ3n) is 11.0. The van der Waals surface area contributed by atoms with Crippen LogP contribution >= 0.6 is 0 Å². The quantitative estimate of drug-likeness (QED) is 0.100. The monoisotopic (exact) mass is 571 g/mol. The molecule has 6 nitrogen and oxygen atoms in total. The smallest absolute Gasteiger partial charge is 0.309 e. The summed E-state index contributed by atoms with van der Waals surface area (Å²) >= 11 is 0. The summed E-state index contributed by atoms with van der Waals surface area (Å²) < 4.78 is 0. The Morgan fingerprint density at radius 3 is 2.54 bits per heavy atom. The number of H-pyrrole nitrogens is 1. The van der Waals surface area contributed by atoms with Crippen LogP contribution < -0.4 is 0 Å². The highest BCUT2D eigenvalue weighted by Gasteiger charge is 2.54. The Kier molecular flexibility index (Phi) is 12.0. The second kappa shape index (κ2) is 15.2. The molecule has 0 radical (unpaired) electrons. The topological polar surface area (TPSA) is 114 Å². The Bertz CT molecular complexity index is 938. The van der Waals surface area contributed by atoms with E-state index in [-0.39, 0.29) is 17.4 Å². The van der Waals surface area contributed by atoms with Crippen LogP contribution in [-0.4, -0.2) is 49.2 Å². The first-order valence-corrected chi connectivity index (χ1v) is 16.8. The van der Waals surface area contributed by atoms with Crippen molar-refractivity contribution in [3.05, 3.63) is 36.2 Å². The molecule has 7 unspecified atom stereocenters. The fourth-order valence-corrected chi connectivity index (χ4v) is 8.63. The molecule has 4 rings (SSSR count). The van der Waals surface area contributed by atoms with E-state index in [0.717, 1.165) is 64.2 Å². The molecular formula is C35H57NO5. The van der Waals surface area contributed by atoms with Gasteiger partial charge in [0.1, 0.15) is 0 Å². The molecule has 2 saturated carbocycles. The van der Waals surface area contributed by atoms with Crippen LogP contribution in [0.5, 0.6) is 0 Å². The van der Waals surface area contributed by atoms with E-state index in [2.05, 4.69) is 36.3 Å². The molecule has 232 valence electrons. The van der Waals surface area contributed by atoms with Gasteiger partial charge in [0.05, 0.1) is 23.7 Å². The number of carbonyl (C=O) groups is 1. The van der Waals surface area contributed by atoms with Crippen LogP contribution in [0.1, 0.15) is 128 Å². The normalized spacial score (nSPS) is 30.6. The van der Waals surface area contributed by atoms with E-state index in [1.54, 1.807) is 0 Å². The summed E-state index contributed by atoms with van der Waals surface area (Å²) in [5.41, 5.74) is 0.649. The number of aliphatic carboxylic acids is 1. The van der Waals surface area contributed by atoms with Crippen molar-refractivity contribution in [2.45, 2.75) is 147 Å². The summed E-state index contributed by atoms with van der Waals surface area (Å²) in [7, 11) is 0. The number of aliphatic hydroxyl groups is 3. The number of nitrogens with one attached hydrogen (secondary N) is 1. The van der Waals surface area contributed by atoms with E-state index >= 15 is 0 Å². The third kappa shape index (κ3) is 8.93. The minimum Gasteiger partial charge on any atom is -0.481 e. The van der Waals surface area contributed by atoms with Gasteiger partial charge in [-0.05, 0) is 99.5 Å². The number of unbranched alkanes of at least 4 members (excludes halogenated alkanes) is 4. The van der Waals surface area contributed by atoms with Gasteiger partial charge in [-0.1, -0.05) is 70.4 Å². The van der Waals surface area contributed by atoms with Crippen LogP contribution in [0.2, 0.25) is 0 Å². The highest BCUT2D eigenvalue weighted by atomic mass is 16.4. The summed E-state index contributed by atoms with van der Waals surface area (Å²) in [5, 5.41) is 43.1. The van der Waals surface area contributed by atoms with E-state index in [9.17, 15) is 25.2 Å². The largest absolute Gasteiger partial charge is 0.481 e. The van der Waals surface area contributed by atoms with E-state index < -0.39 is 23.6 Å². The second-order valence-corrected chi connectivity index (χ2v) is 14.1. The Hall–Kier alpha value is -1.63. The van der Waals surface area contributed by atoms with Gasteiger partial charge in [0.15, 0.2) is 0 Å². The number of aromatic nitrogens is 1. The zero-order valence-electron chi connectivity index (χ0n) is 25.5. The van der Waals surface area contributed by atoms with Crippen LogP contribution in [0.4, 0.5) is 0 Å². The van der Waals surface area contributed by atoms with Gasteiger partial charge in [0, 0.05) is 18.3 Å². The SMILES string of the molecule is CCCCCC1C=CC(CCCCCC(C(=O)O)C(O)CCC2(O)CC(Cc3cc[nH]c3)C3(CCCC3)C2)C(O)C1. The van der Waals surface area contributed by atoms with E-state index in [1.165, 1.54) is 44.1 Å². The predicted octanol–water partition coefficient (Wildman–Crippen LogP) is 7.18. The molecule has 1 heterocycles. The van der Waals surface area contributed by atoms with Gasteiger partial charge in [0.2, 0.25) is 0 Å². The molecule has 0 aliphatic heterocycles. The first-order valence-electron chi connectivity index (χ1n) is 16.8. The highest BCUT2D eigenvalue weighted by molar-refractivity contribution is 5.70. The number of hydrogen-bond acceptors (Lipinski definition) is 4. The first-order chi connectivity index (χ1) is 19.7. The molecule has 1 spiro atoms. The summed E-state index contributed by atoms with van der Waals surface area (Å²) in [6, 6.07) is 2.13. The minimum absolute atomic E-state index is 0.181. The zero-order chi connectivity index (χ0) is 29.3. The molecule has 0 amide bonds. The number of rotatable bonds is 17.